The van der Waals surface area contributed by atoms with Gasteiger partial charge in [0.25, 0.3) is 0 Å². The molecule has 0 amide bonds. The minimum absolute atomic E-state index is 0.116. The van der Waals surface area contributed by atoms with Gasteiger partial charge in [-0.05, 0) is 58.0 Å². The molecule has 1 aliphatic carbocycles. The first kappa shape index (κ1) is 14.7. The number of fused-ring (bicyclic) bond motifs is 3. The van der Waals surface area contributed by atoms with Gasteiger partial charge in [-0.2, -0.15) is 0 Å². The Hall–Kier alpha value is -1.25. The van der Waals surface area contributed by atoms with Crippen LogP contribution >= 0.6 is 22.6 Å². The number of nitrogens with zero attached hydrogens (tertiary/aromatic N) is 1. The fraction of sp³-hybridized carbons (Fsp3) is 0.133. The van der Waals surface area contributed by atoms with Gasteiger partial charge in [0.05, 0.1) is 4.90 Å². The first-order valence-electron chi connectivity index (χ1n) is 6.23. The van der Waals surface area contributed by atoms with Crippen LogP contribution in [0.25, 0.3) is 11.1 Å². The second-order valence-corrected chi connectivity index (χ2v) is 8.41. The van der Waals surface area contributed by atoms with Crippen molar-refractivity contribution in [2.75, 3.05) is 14.1 Å². The SMILES string of the molecule is CN(C)S(=O)(=O)c1ccc2c(c1)C(=O)c1cc(I)ccc1-2. The van der Waals surface area contributed by atoms with Crippen LogP contribution in [-0.2, 0) is 10.0 Å². The molecule has 0 heterocycles. The zero-order valence-electron chi connectivity index (χ0n) is 11.4. The van der Waals surface area contributed by atoms with Crippen molar-refractivity contribution >= 4 is 38.4 Å². The maximum atomic E-state index is 12.5. The van der Waals surface area contributed by atoms with Crippen LogP contribution in [0, 0.1) is 3.57 Å². The van der Waals surface area contributed by atoms with Crippen molar-refractivity contribution in [2.24, 2.45) is 0 Å². The molecule has 0 spiro atoms. The lowest BCUT2D eigenvalue weighted by Crippen LogP contribution is -2.22. The van der Waals surface area contributed by atoms with E-state index in [1.54, 1.807) is 12.1 Å². The standard InChI is InChI=1S/C15H12INO3S/c1-17(2)21(19,20)10-4-6-12-11-5-3-9(16)7-13(11)15(18)14(12)8-10/h3-8H,1-2H3. The number of carbonyl (C=O) groups is 1. The molecule has 1 aliphatic rings. The van der Waals surface area contributed by atoms with Crippen molar-refractivity contribution in [2.45, 2.75) is 4.90 Å². The van der Waals surface area contributed by atoms with Crippen LogP contribution in [-0.4, -0.2) is 32.6 Å². The maximum Gasteiger partial charge on any atom is 0.242 e. The minimum Gasteiger partial charge on any atom is -0.289 e. The Balaban J connectivity index is 2.21. The fourth-order valence-electron chi connectivity index (χ4n) is 2.40. The van der Waals surface area contributed by atoms with Crippen molar-refractivity contribution in [3.8, 4) is 11.1 Å². The van der Waals surface area contributed by atoms with Crippen LogP contribution in [0.2, 0.25) is 0 Å². The van der Waals surface area contributed by atoms with E-state index in [4.69, 9.17) is 0 Å². The number of carbonyl (C=O) groups excluding carboxylic acids is 1. The van der Waals surface area contributed by atoms with Crippen molar-refractivity contribution in [1.29, 1.82) is 0 Å². The molecule has 108 valence electrons. The fourth-order valence-corrected chi connectivity index (χ4v) is 3.82. The highest BCUT2D eigenvalue weighted by Gasteiger charge is 2.29. The number of sulfonamides is 1. The summed E-state index contributed by atoms with van der Waals surface area (Å²) in [6.07, 6.45) is 0. The molecule has 0 saturated carbocycles. The lowest BCUT2D eigenvalue weighted by Gasteiger charge is -2.12. The van der Waals surface area contributed by atoms with Gasteiger partial charge in [0, 0.05) is 28.8 Å². The van der Waals surface area contributed by atoms with Crippen LogP contribution < -0.4 is 0 Å². The molecule has 0 saturated heterocycles. The Kier molecular flexibility index (Phi) is 3.42. The molecule has 4 nitrogen and oxygen atoms in total. The maximum absolute atomic E-state index is 12.5. The van der Waals surface area contributed by atoms with Crippen molar-refractivity contribution in [1.82, 2.24) is 4.31 Å². The predicted molar refractivity (Wildman–Crippen MR) is 88.9 cm³/mol. The van der Waals surface area contributed by atoms with Crippen LogP contribution in [0.1, 0.15) is 15.9 Å². The average Bonchev–Trinajstić information content (AvgIpc) is 2.71. The Bertz CT molecular complexity index is 872. The van der Waals surface area contributed by atoms with E-state index in [2.05, 4.69) is 22.6 Å². The van der Waals surface area contributed by atoms with Gasteiger partial charge in [0.15, 0.2) is 5.78 Å². The van der Waals surface area contributed by atoms with Crippen LogP contribution in [0.4, 0.5) is 0 Å². The van der Waals surface area contributed by atoms with E-state index in [0.717, 1.165) is 19.0 Å². The number of benzene rings is 2. The molecule has 0 radical (unpaired) electrons. The predicted octanol–water partition coefficient (Wildman–Crippen LogP) is 2.75. The van der Waals surface area contributed by atoms with Crippen LogP contribution in [0.3, 0.4) is 0 Å². The van der Waals surface area contributed by atoms with E-state index >= 15 is 0 Å². The quantitative estimate of drug-likeness (QED) is 0.608. The molecule has 0 bridgehead atoms. The lowest BCUT2D eigenvalue weighted by molar-refractivity contribution is 0.104. The smallest absolute Gasteiger partial charge is 0.242 e. The normalized spacial score (nSPS) is 13.4. The van der Waals surface area contributed by atoms with Gasteiger partial charge in [0.2, 0.25) is 10.0 Å². The Morgan fingerprint density at radius 2 is 1.48 bits per heavy atom. The number of ketones is 1. The molecular weight excluding hydrogens is 401 g/mol. The largest absolute Gasteiger partial charge is 0.289 e. The van der Waals surface area contributed by atoms with Crippen molar-refractivity contribution in [3.63, 3.8) is 0 Å². The van der Waals surface area contributed by atoms with Crippen LogP contribution in [0.15, 0.2) is 41.3 Å². The molecular formula is C15H12INO3S. The van der Waals surface area contributed by atoms with Crippen molar-refractivity contribution < 1.29 is 13.2 Å². The molecule has 2 aromatic rings. The Morgan fingerprint density at radius 3 is 2.10 bits per heavy atom. The van der Waals surface area contributed by atoms with E-state index in [1.807, 2.05) is 18.2 Å². The molecule has 3 rings (SSSR count). The zero-order valence-corrected chi connectivity index (χ0v) is 14.4. The summed E-state index contributed by atoms with van der Waals surface area (Å²) >= 11 is 2.16. The van der Waals surface area contributed by atoms with Gasteiger partial charge >= 0.3 is 0 Å². The first-order valence-corrected chi connectivity index (χ1v) is 8.75. The summed E-state index contributed by atoms with van der Waals surface area (Å²) in [6, 6.07) is 10.4. The molecule has 0 unspecified atom stereocenters. The van der Waals surface area contributed by atoms with E-state index in [1.165, 1.54) is 20.2 Å². The average molecular weight is 413 g/mol. The molecule has 0 atom stereocenters. The van der Waals surface area contributed by atoms with Gasteiger partial charge < -0.3 is 0 Å². The second-order valence-electron chi connectivity index (χ2n) is 5.01. The molecule has 21 heavy (non-hydrogen) atoms. The molecule has 6 heteroatoms. The first-order chi connectivity index (χ1) is 9.82. The molecule has 0 aromatic heterocycles. The molecule has 2 aromatic carbocycles. The number of hydrogen-bond donors (Lipinski definition) is 0. The lowest BCUT2D eigenvalue weighted by atomic mass is 10.1. The number of rotatable bonds is 2. The summed E-state index contributed by atoms with van der Waals surface area (Å²) in [5.74, 6) is -0.116. The zero-order chi connectivity index (χ0) is 15.4. The monoisotopic (exact) mass is 413 g/mol. The summed E-state index contributed by atoms with van der Waals surface area (Å²) in [7, 11) is -0.590. The third-order valence-corrected chi connectivity index (χ3v) is 6.01. The highest BCUT2D eigenvalue weighted by atomic mass is 127. The van der Waals surface area contributed by atoms with E-state index < -0.39 is 10.0 Å². The van der Waals surface area contributed by atoms with Gasteiger partial charge in [-0.3, -0.25) is 4.79 Å². The Morgan fingerprint density at radius 1 is 0.905 bits per heavy atom. The summed E-state index contributed by atoms with van der Waals surface area (Å²) in [5.41, 5.74) is 2.75. The summed E-state index contributed by atoms with van der Waals surface area (Å²) in [4.78, 5) is 12.6. The van der Waals surface area contributed by atoms with E-state index in [9.17, 15) is 13.2 Å². The third kappa shape index (κ3) is 2.21. The van der Waals surface area contributed by atoms with Gasteiger partial charge in [-0.1, -0.05) is 12.1 Å². The summed E-state index contributed by atoms with van der Waals surface area (Å²) in [5, 5.41) is 0. The van der Waals surface area contributed by atoms with Gasteiger partial charge in [-0.25, -0.2) is 12.7 Å². The molecule has 0 fully saturated rings. The second kappa shape index (κ2) is 4.89. The highest BCUT2D eigenvalue weighted by molar-refractivity contribution is 14.1. The highest BCUT2D eigenvalue weighted by Crippen LogP contribution is 2.38. The molecule has 0 N–H and O–H groups in total. The van der Waals surface area contributed by atoms with E-state index in [-0.39, 0.29) is 10.7 Å². The summed E-state index contributed by atoms with van der Waals surface area (Å²) < 4.78 is 26.5. The van der Waals surface area contributed by atoms with Gasteiger partial charge in [0.1, 0.15) is 0 Å². The topological polar surface area (TPSA) is 54.5 Å². The van der Waals surface area contributed by atoms with Crippen molar-refractivity contribution in [3.05, 3.63) is 51.1 Å². The third-order valence-electron chi connectivity index (χ3n) is 3.53. The Labute approximate surface area is 137 Å². The number of halogens is 1. The minimum atomic E-state index is -3.54. The van der Waals surface area contributed by atoms with Crippen LogP contribution in [0.5, 0.6) is 0 Å². The van der Waals surface area contributed by atoms with E-state index in [0.29, 0.717) is 11.1 Å². The van der Waals surface area contributed by atoms with Gasteiger partial charge in [-0.15, -0.1) is 0 Å². The molecule has 0 aliphatic heterocycles. The number of hydrogen-bond acceptors (Lipinski definition) is 3. The summed E-state index contributed by atoms with van der Waals surface area (Å²) in [6.45, 7) is 0.